The van der Waals surface area contributed by atoms with Gasteiger partial charge in [-0.15, -0.1) is 0 Å². The molecule has 2 rings (SSSR count). The third kappa shape index (κ3) is 4.72. The molecule has 0 unspecified atom stereocenters. The number of nitrogens with one attached hydrogen (secondary N) is 1. The van der Waals surface area contributed by atoms with E-state index in [-0.39, 0.29) is 5.91 Å². The molecule has 5 nitrogen and oxygen atoms in total. The number of aliphatic hydroxyl groups excluding tert-OH is 1. The molecule has 0 radical (unpaired) electrons. The maximum atomic E-state index is 11.1. The highest BCUT2D eigenvalue weighted by Crippen LogP contribution is 2.24. The molecular formula is C16H25N3O2. The van der Waals surface area contributed by atoms with E-state index < -0.39 is 6.61 Å². The van der Waals surface area contributed by atoms with Crippen molar-refractivity contribution >= 4 is 17.3 Å². The van der Waals surface area contributed by atoms with E-state index in [1.165, 1.54) is 25.1 Å². The predicted octanol–water partition coefficient (Wildman–Crippen LogP) is 1.40. The third-order valence-electron chi connectivity index (χ3n) is 3.90. The molecule has 0 spiro atoms. The fourth-order valence-corrected chi connectivity index (χ4v) is 2.85. The Kier molecular flexibility index (Phi) is 5.59. The van der Waals surface area contributed by atoms with Crippen molar-refractivity contribution in [3.05, 3.63) is 24.3 Å². The second-order valence-corrected chi connectivity index (χ2v) is 5.95. The molecule has 0 bridgehead atoms. The Labute approximate surface area is 126 Å². The number of anilines is 2. The van der Waals surface area contributed by atoms with Gasteiger partial charge in [0.15, 0.2) is 0 Å². The number of piperidine rings is 1. The van der Waals surface area contributed by atoms with E-state index in [1.807, 2.05) is 24.3 Å². The smallest absolute Gasteiger partial charge is 0.250 e. The van der Waals surface area contributed by atoms with Crippen molar-refractivity contribution in [1.82, 2.24) is 4.90 Å². The van der Waals surface area contributed by atoms with Gasteiger partial charge in [-0.1, -0.05) is 0 Å². The van der Waals surface area contributed by atoms with Gasteiger partial charge in [0.05, 0.1) is 0 Å². The molecule has 0 atom stereocenters. The van der Waals surface area contributed by atoms with Crippen LogP contribution in [-0.4, -0.2) is 56.3 Å². The molecule has 1 fully saturated rings. The fourth-order valence-electron chi connectivity index (χ4n) is 2.85. The Balaban J connectivity index is 1.87. The molecule has 1 aromatic carbocycles. The van der Waals surface area contributed by atoms with E-state index in [0.717, 1.165) is 24.7 Å². The van der Waals surface area contributed by atoms with Gasteiger partial charge in [0.1, 0.15) is 6.61 Å². The van der Waals surface area contributed by atoms with Crippen molar-refractivity contribution < 1.29 is 9.90 Å². The zero-order valence-electron chi connectivity index (χ0n) is 12.9. The van der Waals surface area contributed by atoms with E-state index in [0.29, 0.717) is 0 Å². The topological polar surface area (TPSA) is 55.8 Å². The van der Waals surface area contributed by atoms with Crippen molar-refractivity contribution in [2.24, 2.45) is 5.92 Å². The molecule has 0 saturated carbocycles. The summed E-state index contributed by atoms with van der Waals surface area (Å²) in [7, 11) is 4.26. The summed E-state index contributed by atoms with van der Waals surface area (Å²) < 4.78 is 0. The Morgan fingerprint density at radius 1 is 1.29 bits per heavy atom. The summed E-state index contributed by atoms with van der Waals surface area (Å²) in [5, 5.41) is 11.4. The lowest BCUT2D eigenvalue weighted by molar-refractivity contribution is -0.118. The minimum Gasteiger partial charge on any atom is -0.387 e. The summed E-state index contributed by atoms with van der Waals surface area (Å²) in [4.78, 5) is 15.8. The normalized spacial score (nSPS) is 16.3. The van der Waals surface area contributed by atoms with Crippen LogP contribution in [0.5, 0.6) is 0 Å². The first-order chi connectivity index (χ1) is 10.1. The zero-order valence-corrected chi connectivity index (χ0v) is 12.9. The molecular weight excluding hydrogens is 266 g/mol. The number of hydrogen-bond donors (Lipinski definition) is 2. The number of amides is 1. The molecule has 1 saturated heterocycles. The first kappa shape index (κ1) is 15.8. The molecule has 1 aromatic rings. The van der Waals surface area contributed by atoms with Crippen LogP contribution < -0.4 is 10.2 Å². The standard InChI is InChI=1S/C16H25N3O2/c1-18(2)11-13-7-9-19(10-8-13)15-5-3-14(4-6-15)17-16(21)12-20/h3-6,13,20H,7-12H2,1-2H3,(H,17,21). The van der Waals surface area contributed by atoms with Crippen LogP contribution in [0.15, 0.2) is 24.3 Å². The number of carbonyl (C=O) groups excluding carboxylic acids is 1. The molecule has 1 aliphatic rings. The van der Waals surface area contributed by atoms with E-state index in [4.69, 9.17) is 5.11 Å². The maximum absolute atomic E-state index is 11.1. The van der Waals surface area contributed by atoms with Crippen molar-refractivity contribution in [1.29, 1.82) is 0 Å². The Bertz CT molecular complexity index is 451. The van der Waals surface area contributed by atoms with Crippen LogP contribution in [0.3, 0.4) is 0 Å². The molecule has 0 aliphatic carbocycles. The first-order valence-corrected chi connectivity index (χ1v) is 7.49. The van der Waals surface area contributed by atoms with Crippen LogP contribution in [0.4, 0.5) is 11.4 Å². The number of benzene rings is 1. The highest BCUT2D eigenvalue weighted by atomic mass is 16.3. The van der Waals surface area contributed by atoms with Crippen LogP contribution in [0.2, 0.25) is 0 Å². The number of rotatable bonds is 5. The van der Waals surface area contributed by atoms with E-state index >= 15 is 0 Å². The van der Waals surface area contributed by atoms with E-state index in [1.54, 1.807) is 0 Å². The Hall–Kier alpha value is -1.59. The number of hydrogen-bond acceptors (Lipinski definition) is 4. The van der Waals surface area contributed by atoms with Gasteiger partial charge < -0.3 is 20.2 Å². The highest BCUT2D eigenvalue weighted by Gasteiger charge is 2.19. The summed E-state index contributed by atoms with van der Waals surface area (Å²) in [5.74, 6) is 0.409. The van der Waals surface area contributed by atoms with Crippen molar-refractivity contribution in [3.8, 4) is 0 Å². The second kappa shape index (κ2) is 7.43. The summed E-state index contributed by atoms with van der Waals surface area (Å²) in [6, 6.07) is 7.82. The van der Waals surface area contributed by atoms with Gasteiger partial charge in [-0.2, -0.15) is 0 Å². The molecule has 0 aromatic heterocycles. The number of carbonyl (C=O) groups is 1. The predicted molar refractivity (Wildman–Crippen MR) is 85.6 cm³/mol. The van der Waals surface area contributed by atoms with Gasteiger partial charge in [-0.05, 0) is 57.1 Å². The molecule has 1 amide bonds. The summed E-state index contributed by atoms with van der Waals surface area (Å²) in [6.45, 7) is 2.85. The minimum atomic E-state index is -0.485. The van der Waals surface area contributed by atoms with Crippen LogP contribution >= 0.6 is 0 Å². The van der Waals surface area contributed by atoms with Crippen molar-refractivity contribution in [2.45, 2.75) is 12.8 Å². The van der Waals surface area contributed by atoms with Gasteiger partial charge in [0, 0.05) is 31.0 Å². The summed E-state index contributed by atoms with van der Waals surface area (Å²) in [5.41, 5.74) is 1.92. The fraction of sp³-hybridized carbons (Fsp3) is 0.562. The van der Waals surface area contributed by atoms with Gasteiger partial charge in [0.25, 0.3) is 0 Å². The highest BCUT2D eigenvalue weighted by molar-refractivity contribution is 5.91. The molecule has 116 valence electrons. The largest absolute Gasteiger partial charge is 0.387 e. The lowest BCUT2D eigenvalue weighted by atomic mass is 9.96. The Morgan fingerprint density at radius 2 is 1.90 bits per heavy atom. The van der Waals surface area contributed by atoms with Crippen LogP contribution in [0.25, 0.3) is 0 Å². The summed E-state index contributed by atoms with van der Waals surface area (Å²) >= 11 is 0. The molecule has 1 aliphatic heterocycles. The maximum Gasteiger partial charge on any atom is 0.250 e. The number of nitrogens with zero attached hydrogens (tertiary/aromatic N) is 2. The molecule has 2 N–H and O–H groups in total. The van der Waals surface area contributed by atoms with Crippen LogP contribution in [0.1, 0.15) is 12.8 Å². The molecule has 21 heavy (non-hydrogen) atoms. The Morgan fingerprint density at radius 3 is 2.43 bits per heavy atom. The quantitative estimate of drug-likeness (QED) is 0.861. The van der Waals surface area contributed by atoms with E-state index in [9.17, 15) is 4.79 Å². The average molecular weight is 291 g/mol. The van der Waals surface area contributed by atoms with Gasteiger partial charge >= 0.3 is 0 Å². The van der Waals surface area contributed by atoms with Crippen molar-refractivity contribution in [2.75, 3.05) is 50.6 Å². The zero-order chi connectivity index (χ0) is 15.2. The minimum absolute atomic E-state index is 0.382. The second-order valence-electron chi connectivity index (χ2n) is 5.95. The monoisotopic (exact) mass is 291 g/mol. The van der Waals surface area contributed by atoms with Crippen molar-refractivity contribution in [3.63, 3.8) is 0 Å². The summed E-state index contributed by atoms with van der Waals surface area (Å²) in [6.07, 6.45) is 2.45. The van der Waals surface area contributed by atoms with Crippen LogP contribution in [0, 0.1) is 5.92 Å². The SMILES string of the molecule is CN(C)CC1CCN(c2ccc(NC(=O)CO)cc2)CC1. The molecule has 1 heterocycles. The van der Waals surface area contributed by atoms with Gasteiger partial charge in [-0.3, -0.25) is 4.79 Å². The lowest BCUT2D eigenvalue weighted by Crippen LogP contribution is -2.37. The first-order valence-electron chi connectivity index (χ1n) is 7.49. The average Bonchev–Trinajstić information content (AvgIpc) is 2.48. The third-order valence-corrected chi connectivity index (χ3v) is 3.90. The molecule has 5 heteroatoms. The van der Waals surface area contributed by atoms with Gasteiger partial charge in [-0.25, -0.2) is 0 Å². The number of aliphatic hydroxyl groups is 1. The van der Waals surface area contributed by atoms with E-state index in [2.05, 4.69) is 29.2 Å². The lowest BCUT2D eigenvalue weighted by Gasteiger charge is -2.34. The van der Waals surface area contributed by atoms with Gasteiger partial charge in [0.2, 0.25) is 5.91 Å². The van der Waals surface area contributed by atoms with Crippen LogP contribution in [-0.2, 0) is 4.79 Å².